The highest BCUT2D eigenvalue weighted by atomic mass is 15.3. The van der Waals surface area contributed by atoms with E-state index in [-0.39, 0.29) is 0 Å². The first-order valence-corrected chi connectivity index (χ1v) is 5.85. The summed E-state index contributed by atoms with van der Waals surface area (Å²) < 4.78 is 2.02. The maximum atomic E-state index is 4.31. The van der Waals surface area contributed by atoms with Gasteiger partial charge in [-0.25, -0.2) is 4.98 Å². The van der Waals surface area contributed by atoms with Gasteiger partial charge in [0.1, 0.15) is 12.2 Å². The van der Waals surface area contributed by atoms with Crippen molar-refractivity contribution in [3.63, 3.8) is 0 Å². The van der Waals surface area contributed by atoms with Gasteiger partial charge < -0.3 is 5.32 Å². The van der Waals surface area contributed by atoms with Crippen LogP contribution in [0.4, 0.5) is 0 Å². The molecule has 1 aromatic heterocycles. The Morgan fingerprint density at radius 2 is 2.27 bits per heavy atom. The largest absolute Gasteiger partial charge is 0.317 e. The molecule has 1 rings (SSSR count). The van der Waals surface area contributed by atoms with E-state index in [1.54, 1.807) is 6.33 Å². The van der Waals surface area contributed by atoms with Gasteiger partial charge >= 0.3 is 0 Å². The molecular formula is C11H22N4. The van der Waals surface area contributed by atoms with E-state index in [2.05, 4.69) is 36.2 Å². The number of nitrogens with zero attached hydrogens (tertiary/aromatic N) is 3. The van der Waals surface area contributed by atoms with Crippen LogP contribution in [-0.2, 0) is 13.0 Å². The molecule has 4 nitrogen and oxygen atoms in total. The molecule has 0 amide bonds. The molecule has 1 unspecified atom stereocenters. The molecule has 15 heavy (non-hydrogen) atoms. The third kappa shape index (κ3) is 4.00. The van der Waals surface area contributed by atoms with E-state index in [1.807, 2.05) is 4.68 Å². The highest BCUT2D eigenvalue weighted by Crippen LogP contribution is 2.05. The van der Waals surface area contributed by atoms with Crippen molar-refractivity contribution in [3.8, 4) is 0 Å². The molecule has 0 aliphatic carbocycles. The van der Waals surface area contributed by atoms with Gasteiger partial charge in [0.2, 0.25) is 0 Å². The SMILES string of the molecule is CCCn1ncnc1CC(C)CNCC. The van der Waals surface area contributed by atoms with Gasteiger partial charge in [-0.3, -0.25) is 4.68 Å². The maximum Gasteiger partial charge on any atom is 0.138 e. The molecule has 0 saturated carbocycles. The van der Waals surface area contributed by atoms with E-state index in [0.29, 0.717) is 5.92 Å². The fraction of sp³-hybridized carbons (Fsp3) is 0.818. The predicted molar refractivity (Wildman–Crippen MR) is 61.7 cm³/mol. The fourth-order valence-electron chi connectivity index (χ4n) is 1.62. The lowest BCUT2D eigenvalue weighted by Crippen LogP contribution is -2.23. The second kappa shape index (κ2) is 6.56. The van der Waals surface area contributed by atoms with Crippen molar-refractivity contribution in [1.29, 1.82) is 0 Å². The maximum absolute atomic E-state index is 4.31. The Balaban J connectivity index is 2.44. The molecule has 0 fully saturated rings. The molecule has 0 saturated heterocycles. The van der Waals surface area contributed by atoms with Gasteiger partial charge in [-0.15, -0.1) is 0 Å². The van der Waals surface area contributed by atoms with Gasteiger partial charge in [0.15, 0.2) is 0 Å². The minimum atomic E-state index is 0.616. The van der Waals surface area contributed by atoms with Crippen LogP contribution < -0.4 is 5.32 Å². The van der Waals surface area contributed by atoms with Crippen LogP contribution in [0.1, 0.15) is 33.0 Å². The Labute approximate surface area is 92.1 Å². The van der Waals surface area contributed by atoms with E-state index in [9.17, 15) is 0 Å². The summed E-state index contributed by atoms with van der Waals surface area (Å²) >= 11 is 0. The first kappa shape index (κ1) is 12.2. The van der Waals surface area contributed by atoms with Gasteiger partial charge in [0.25, 0.3) is 0 Å². The lowest BCUT2D eigenvalue weighted by molar-refractivity contribution is 0.480. The summed E-state index contributed by atoms with van der Waals surface area (Å²) in [5, 5.41) is 7.58. The van der Waals surface area contributed by atoms with E-state index < -0.39 is 0 Å². The van der Waals surface area contributed by atoms with Crippen LogP contribution in [0.5, 0.6) is 0 Å². The second-order valence-electron chi connectivity index (χ2n) is 4.02. The third-order valence-electron chi connectivity index (χ3n) is 2.40. The molecule has 0 spiro atoms. The molecule has 1 N–H and O–H groups in total. The molecule has 1 aromatic rings. The van der Waals surface area contributed by atoms with Gasteiger partial charge in [-0.2, -0.15) is 5.10 Å². The number of hydrogen-bond acceptors (Lipinski definition) is 3. The Bertz CT molecular complexity index is 269. The third-order valence-corrected chi connectivity index (χ3v) is 2.40. The number of nitrogens with one attached hydrogen (secondary N) is 1. The predicted octanol–water partition coefficient (Wildman–Crippen LogP) is 1.48. The first-order valence-electron chi connectivity index (χ1n) is 5.85. The number of aromatic nitrogens is 3. The van der Waals surface area contributed by atoms with E-state index >= 15 is 0 Å². The second-order valence-corrected chi connectivity index (χ2v) is 4.02. The zero-order valence-electron chi connectivity index (χ0n) is 10.0. The van der Waals surface area contributed by atoms with Gasteiger partial charge in [0.05, 0.1) is 0 Å². The zero-order chi connectivity index (χ0) is 11.1. The Hall–Kier alpha value is -0.900. The standard InChI is InChI=1S/C11H22N4/c1-4-6-15-11(13-9-14-15)7-10(3)8-12-5-2/h9-10,12H,4-8H2,1-3H3. The Kier molecular flexibility index (Phi) is 5.32. The molecule has 0 aliphatic rings. The summed E-state index contributed by atoms with van der Waals surface area (Å²) in [6, 6.07) is 0. The molecule has 0 bridgehead atoms. The smallest absolute Gasteiger partial charge is 0.138 e. The normalized spacial score (nSPS) is 13.0. The summed E-state index contributed by atoms with van der Waals surface area (Å²) in [4.78, 5) is 4.31. The zero-order valence-corrected chi connectivity index (χ0v) is 10.0. The minimum Gasteiger partial charge on any atom is -0.317 e. The van der Waals surface area contributed by atoms with Crippen molar-refractivity contribution in [3.05, 3.63) is 12.2 Å². The van der Waals surface area contributed by atoms with Crippen LogP contribution in [0.25, 0.3) is 0 Å². The van der Waals surface area contributed by atoms with Crippen molar-refractivity contribution < 1.29 is 0 Å². The van der Waals surface area contributed by atoms with Crippen LogP contribution >= 0.6 is 0 Å². The summed E-state index contributed by atoms with van der Waals surface area (Å²) in [6.45, 7) is 9.60. The minimum absolute atomic E-state index is 0.616. The molecule has 1 heterocycles. The monoisotopic (exact) mass is 210 g/mol. The summed E-state index contributed by atoms with van der Waals surface area (Å²) in [5.74, 6) is 1.73. The first-order chi connectivity index (χ1) is 7.27. The van der Waals surface area contributed by atoms with Gasteiger partial charge in [-0.1, -0.05) is 20.8 Å². The highest BCUT2D eigenvalue weighted by molar-refractivity contribution is 4.86. The molecule has 86 valence electrons. The van der Waals surface area contributed by atoms with E-state index in [4.69, 9.17) is 0 Å². The summed E-state index contributed by atoms with van der Waals surface area (Å²) in [5.41, 5.74) is 0. The van der Waals surface area contributed by atoms with Crippen molar-refractivity contribution in [1.82, 2.24) is 20.1 Å². The van der Waals surface area contributed by atoms with Crippen LogP contribution in [0.15, 0.2) is 6.33 Å². The molecule has 4 heteroatoms. The van der Waals surface area contributed by atoms with Crippen LogP contribution in [0.2, 0.25) is 0 Å². The molecular weight excluding hydrogens is 188 g/mol. The quantitative estimate of drug-likeness (QED) is 0.741. The van der Waals surface area contributed by atoms with Crippen molar-refractivity contribution >= 4 is 0 Å². The molecule has 0 aromatic carbocycles. The van der Waals surface area contributed by atoms with Crippen LogP contribution in [0.3, 0.4) is 0 Å². The number of aryl methyl sites for hydroxylation is 1. The average Bonchev–Trinajstić information content (AvgIpc) is 2.63. The van der Waals surface area contributed by atoms with Crippen molar-refractivity contribution in [2.75, 3.05) is 13.1 Å². The van der Waals surface area contributed by atoms with Gasteiger partial charge in [-0.05, 0) is 25.4 Å². The fourth-order valence-corrected chi connectivity index (χ4v) is 1.62. The number of hydrogen-bond donors (Lipinski definition) is 1. The Morgan fingerprint density at radius 3 is 2.93 bits per heavy atom. The van der Waals surface area contributed by atoms with E-state index in [1.165, 1.54) is 0 Å². The summed E-state index contributed by atoms with van der Waals surface area (Å²) in [6.07, 6.45) is 3.77. The highest BCUT2D eigenvalue weighted by Gasteiger charge is 2.08. The summed E-state index contributed by atoms with van der Waals surface area (Å²) in [7, 11) is 0. The Morgan fingerprint density at radius 1 is 1.47 bits per heavy atom. The topological polar surface area (TPSA) is 42.7 Å². The van der Waals surface area contributed by atoms with Crippen molar-refractivity contribution in [2.45, 2.75) is 40.2 Å². The van der Waals surface area contributed by atoms with E-state index in [0.717, 1.165) is 38.3 Å². The number of rotatable bonds is 7. The van der Waals surface area contributed by atoms with Crippen LogP contribution in [0, 0.1) is 5.92 Å². The average molecular weight is 210 g/mol. The molecule has 0 aliphatic heterocycles. The van der Waals surface area contributed by atoms with Crippen LogP contribution in [-0.4, -0.2) is 27.9 Å². The van der Waals surface area contributed by atoms with Crippen molar-refractivity contribution in [2.24, 2.45) is 5.92 Å². The lowest BCUT2D eigenvalue weighted by atomic mass is 10.1. The lowest BCUT2D eigenvalue weighted by Gasteiger charge is -2.11. The van der Waals surface area contributed by atoms with Gasteiger partial charge in [0, 0.05) is 13.0 Å². The molecule has 1 atom stereocenters. The molecule has 0 radical (unpaired) electrons.